The zero-order valence-electron chi connectivity index (χ0n) is 5.26. The Morgan fingerprint density at radius 1 is 1.50 bits per heavy atom. The molecular weight excluding hydrogens is 95.0 g/mol. The minimum absolute atomic E-state index is 0. The summed E-state index contributed by atoms with van der Waals surface area (Å²) in [6, 6.07) is 0. The van der Waals surface area contributed by atoms with Gasteiger partial charge in [0.15, 0.2) is 0 Å². The van der Waals surface area contributed by atoms with E-state index in [0.717, 1.165) is 19.3 Å². The third-order valence-electron chi connectivity index (χ3n) is 1.21. The van der Waals surface area contributed by atoms with E-state index >= 15 is 0 Å². The van der Waals surface area contributed by atoms with Gasteiger partial charge in [0.1, 0.15) is 0 Å². The van der Waals surface area contributed by atoms with Crippen LogP contribution in [0.1, 0.15) is 19.3 Å². The first-order valence-corrected chi connectivity index (χ1v) is 2.72. The molecule has 0 heterocycles. The van der Waals surface area contributed by atoms with E-state index in [2.05, 4.69) is 0 Å². The molecule has 8 heavy (non-hydrogen) atoms. The van der Waals surface area contributed by atoms with Crippen molar-refractivity contribution in [2.75, 3.05) is 0 Å². The quantitative estimate of drug-likeness (QED) is 0.245. The van der Waals surface area contributed by atoms with Crippen LogP contribution >= 0.6 is 0 Å². The van der Waals surface area contributed by atoms with Crippen molar-refractivity contribution < 1.29 is 24.0 Å². The van der Waals surface area contributed by atoms with E-state index in [9.17, 15) is 5.11 Å². The SMILES string of the molecule is [Li+].[O-]C1C=CCCC1. The molecule has 0 aromatic rings. The van der Waals surface area contributed by atoms with Crippen LogP contribution in [0.4, 0.5) is 0 Å². The molecule has 2 heteroatoms. The number of hydrogen-bond donors (Lipinski definition) is 0. The monoisotopic (exact) mass is 104 g/mol. The summed E-state index contributed by atoms with van der Waals surface area (Å²) in [5.74, 6) is 0. The Morgan fingerprint density at radius 3 is 2.50 bits per heavy atom. The van der Waals surface area contributed by atoms with Gasteiger partial charge < -0.3 is 5.11 Å². The molecule has 1 aliphatic rings. The van der Waals surface area contributed by atoms with Crippen LogP contribution in [0.25, 0.3) is 0 Å². The van der Waals surface area contributed by atoms with E-state index < -0.39 is 6.10 Å². The van der Waals surface area contributed by atoms with Crippen LogP contribution in [0.3, 0.4) is 0 Å². The first kappa shape index (κ1) is 8.30. The molecule has 40 valence electrons. The average Bonchev–Trinajstić information content (AvgIpc) is 1.69. The maximum absolute atomic E-state index is 10.5. The standard InChI is InChI=1S/C6H9O.Li/c7-6-4-2-1-3-5-6;/h2,4,6H,1,3,5H2;/q-1;+1. The largest absolute Gasteiger partial charge is 1.00 e. The van der Waals surface area contributed by atoms with Crippen LogP contribution in [0.15, 0.2) is 12.2 Å². The molecule has 0 aromatic heterocycles. The van der Waals surface area contributed by atoms with Gasteiger partial charge in [-0.1, -0.05) is 18.9 Å². The molecular formula is C6H9LiO. The Hall–Kier alpha value is 0.297. The Kier molecular flexibility index (Phi) is 4.36. The Morgan fingerprint density at radius 2 is 2.25 bits per heavy atom. The summed E-state index contributed by atoms with van der Waals surface area (Å²) >= 11 is 0. The Bertz CT molecular complexity index is 80.6. The summed E-state index contributed by atoms with van der Waals surface area (Å²) in [7, 11) is 0. The molecule has 0 fully saturated rings. The molecule has 1 atom stereocenters. The van der Waals surface area contributed by atoms with E-state index in [1.165, 1.54) is 0 Å². The fourth-order valence-electron chi connectivity index (χ4n) is 0.781. The van der Waals surface area contributed by atoms with Crippen molar-refractivity contribution in [2.45, 2.75) is 25.4 Å². The molecule has 0 spiro atoms. The van der Waals surface area contributed by atoms with Crippen LogP contribution in [0, 0.1) is 0 Å². The average molecular weight is 104 g/mol. The van der Waals surface area contributed by atoms with Gasteiger partial charge in [-0.15, -0.1) is 12.2 Å². The van der Waals surface area contributed by atoms with Gasteiger partial charge in [-0.2, -0.15) is 0 Å². The minimum atomic E-state index is -0.395. The molecule has 1 aliphatic carbocycles. The third-order valence-corrected chi connectivity index (χ3v) is 1.21. The van der Waals surface area contributed by atoms with Gasteiger partial charge in [0.05, 0.1) is 0 Å². The van der Waals surface area contributed by atoms with E-state index in [4.69, 9.17) is 0 Å². The predicted molar refractivity (Wildman–Crippen MR) is 26.8 cm³/mol. The Labute approximate surface area is 62.0 Å². The van der Waals surface area contributed by atoms with Crippen LogP contribution in [0.2, 0.25) is 0 Å². The number of hydrogen-bond acceptors (Lipinski definition) is 1. The van der Waals surface area contributed by atoms with Crippen molar-refractivity contribution in [1.29, 1.82) is 0 Å². The van der Waals surface area contributed by atoms with Crippen molar-refractivity contribution >= 4 is 0 Å². The third kappa shape index (κ3) is 2.57. The van der Waals surface area contributed by atoms with Gasteiger partial charge in [-0.3, -0.25) is 0 Å². The fourth-order valence-corrected chi connectivity index (χ4v) is 0.781. The second-order valence-electron chi connectivity index (χ2n) is 1.90. The first-order valence-electron chi connectivity index (χ1n) is 2.72. The molecule has 0 aliphatic heterocycles. The summed E-state index contributed by atoms with van der Waals surface area (Å²) in [4.78, 5) is 0. The van der Waals surface area contributed by atoms with E-state index in [0.29, 0.717) is 0 Å². The topological polar surface area (TPSA) is 23.1 Å². The van der Waals surface area contributed by atoms with Crippen molar-refractivity contribution in [1.82, 2.24) is 0 Å². The molecule has 1 nitrogen and oxygen atoms in total. The van der Waals surface area contributed by atoms with Crippen LogP contribution in [-0.4, -0.2) is 6.10 Å². The van der Waals surface area contributed by atoms with E-state index in [-0.39, 0.29) is 18.9 Å². The molecule has 0 N–H and O–H groups in total. The molecule has 0 aromatic carbocycles. The van der Waals surface area contributed by atoms with E-state index in [1.54, 1.807) is 6.08 Å². The second kappa shape index (κ2) is 4.20. The molecule has 0 saturated carbocycles. The van der Waals surface area contributed by atoms with Crippen LogP contribution in [-0.2, 0) is 0 Å². The van der Waals surface area contributed by atoms with E-state index in [1.807, 2.05) is 6.08 Å². The fraction of sp³-hybridized carbons (Fsp3) is 0.667. The minimum Gasteiger partial charge on any atom is -0.849 e. The van der Waals surface area contributed by atoms with Gasteiger partial charge in [0, 0.05) is 0 Å². The second-order valence-corrected chi connectivity index (χ2v) is 1.90. The predicted octanol–water partition coefficient (Wildman–Crippen LogP) is -2.54. The summed E-state index contributed by atoms with van der Waals surface area (Å²) < 4.78 is 0. The maximum Gasteiger partial charge on any atom is 1.00 e. The zero-order valence-corrected chi connectivity index (χ0v) is 5.26. The van der Waals surface area contributed by atoms with Crippen LogP contribution < -0.4 is 24.0 Å². The van der Waals surface area contributed by atoms with Gasteiger partial charge >= 0.3 is 18.9 Å². The summed E-state index contributed by atoms with van der Waals surface area (Å²) in [6.07, 6.45) is 6.37. The molecule has 0 saturated heterocycles. The number of rotatable bonds is 0. The molecule has 1 rings (SSSR count). The van der Waals surface area contributed by atoms with Crippen molar-refractivity contribution in [2.24, 2.45) is 0 Å². The Balaban J connectivity index is 0.000000490. The van der Waals surface area contributed by atoms with Gasteiger partial charge in [0.2, 0.25) is 0 Å². The summed E-state index contributed by atoms with van der Waals surface area (Å²) in [5, 5.41) is 10.5. The zero-order chi connectivity index (χ0) is 5.11. The maximum atomic E-state index is 10.5. The molecule has 0 bridgehead atoms. The smallest absolute Gasteiger partial charge is 0.849 e. The van der Waals surface area contributed by atoms with Gasteiger partial charge in [-0.05, 0) is 6.42 Å². The van der Waals surface area contributed by atoms with Crippen molar-refractivity contribution in [3.8, 4) is 0 Å². The van der Waals surface area contributed by atoms with Crippen molar-refractivity contribution in [3.63, 3.8) is 0 Å². The van der Waals surface area contributed by atoms with Crippen LogP contribution in [0.5, 0.6) is 0 Å². The summed E-state index contributed by atoms with van der Waals surface area (Å²) in [6.45, 7) is 0. The molecule has 1 unspecified atom stereocenters. The normalized spacial score (nSPS) is 26.9. The number of allylic oxidation sites excluding steroid dienone is 1. The first-order chi connectivity index (χ1) is 3.39. The van der Waals surface area contributed by atoms with Gasteiger partial charge in [0.25, 0.3) is 0 Å². The van der Waals surface area contributed by atoms with Crippen molar-refractivity contribution in [3.05, 3.63) is 12.2 Å². The molecule has 0 amide bonds. The van der Waals surface area contributed by atoms with Gasteiger partial charge in [-0.25, -0.2) is 0 Å². The summed E-state index contributed by atoms with van der Waals surface area (Å²) in [5.41, 5.74) is 0. The molecule has 0 radical (unpaired) electrons.